The van der Waals surface area contributed by atoms with Gasteiger partial charge in [0.25, 0.3) is 11.8 Å². The van der Waals surface area contributed by atoms with Crippen molar-refractivity contribution in [3.63, 3.8) is 0 Å². The van der Waals surface area contributed by atoms with Crippen LogP contribution in [0.2, 0.25) is 0 Å². The van der Waals surface area contributed by atoms with Gasteiger partial charge in [-0.15, -0.1) is 0 Å². The Morgan fingerprint density at radius 1 is 0.868 bits per heavy atom. The van der Waals surface area contributed by atoms with E-state index in [1.165, 1.54) is 49.6 Å². The van der Waals surface area contributed by atoms with Crippen molar-refractivity contribution in [2.45, 2.75) is 30.5 Å². The summed E-state index contributed by atoms with van der Waals surface area (Å²) in [7, 11) is -2.36. The summed E-state index contributed by atoms with van der Waals surface area (Å²) in [4.78, 5) is 39.2. The molecule has 0 aliphatic heterocycles. The molecule has 1 heterocycles. The molecule has 3 N–H and O–H groups in total. The third-order valence-corrected chi connectivity index (χ3v) is 9.08. The highest BCUT2D eigenvalue weighted by molar-refractivity contribution is 7.90. The molecule has 3 amide bonds. The van der Waals surface area contributed by atoms with Gasteiger partial charge >= 0.3 is 6.18 Å². The van der Waals surface area contributed by atoms with Crippen molar-refractivity contribution in [2.75, 3.05) is 25.2 Å². The van der Waals surface area contributed by atoms with Crippen LogP contribution in [-0.2, 0) is 27.4 Å². The minimum atomic E-state index is -5.00. The normalized spacial score (nSPS) is 11.5. The average Bonchev–Trinajstić information content (AvgIpc) is 3.60. The molecule has 11 nitrogen and oxygen atoms in total. The summed E-state index contributed by atoms with van der Waals surface area (Å²) in [5, 5.41) is 11.2. The Hall–Kier alpha value is -6.03. The molecule has 5 rings (SSSR count). The third kappa shape index (κ3) is 9.45. The first-order chi connectivity index (χ1) is 25.2. The monoisotopic (exact) mass is 751 g/mol. The van der Waals surface area contributed by atoms with Gasteiger partial charge in [-0.2, -0.15) is 18.3 Å². The van der Waals surface area contributed by atoms with Gasteiger partial charge in [-0.3, -0.25) is 14.4 Å². The van der Waals surface area contributed by atoms with Crippen LogP contribution in [0, 0.1) is 5.82 Å². The Labute approximate surface area is 301 Å². The lowest BCUT2D eigenvalue weighted by atomic mass is 10.0. The van der Waals surface area contributed by atoms with E-state index in [-0.39, 0.29) is 58.3 Å². The van der Waals surface area contributed by atoms with E-state index in [1.807, 2.05) is 30.3 Å². The van der Waals surface area contributed by atoms with Gasteiger partial charge in [-0.1, -0.05) is 54.6 Å². The standard InChI is InChI=1S/C37H33F4N5O6S/c1-52-25-15-17-30(27(20-25)35(48)42-18-8-13-34(47)43-22-23-9-4-3-5-10-23)46-31(21-33(45-46)37(39,40)41)36(49)44-29-16-14-24(19-28(29)38)26-11-6-7-12-32(26)53(2,50)51/h3-7,9-12,14-17,19-21H,8,13,18,22H2,1-2H3,(H,42,48)(H,43,47)(H,44,49). The molecule has 4 aromatic carbocycles. The van der Waals surface area contributed by atoms with Crippen LogP contribution < -0.4 is 20.7 Å². The van der Waals surface area contributed by atoms with Gasteiger partial charge < -0.3 is 20.7 Å². The van der Waals surface area contributed by atoms with Crippen LogP contribution in [0.1, 0.15) is 44.9 Å². The number of benzene rings is 4. The Kier molecular flexibility index (Phi) is 11.6. The van der Waals surface area contributed by atoms with Crippen molar-refractivity contribution in [1.82, 2.24) is 20.4 Å². The van der Waals surface area contributed by atoms with Crippen LogP contribution in [0.5, 0.6) is 5.75 Å². The van der Waals surface area contributed by atoms with E-state index >= 15 is 4.39 Å². The van der Waals surface area contributed by atoms with Crippen molar-refractivity contribution < 1.29 is 45.1 Å². The fourth-order valence-electron chi connectivity index (χ4n) is 5.30. The lowest BCUT2D eigenvalue weighted by Crippen LogP contribution is -2.28. The first-order valence-electron chi connectivity index (χ1n) is 16.0. The highest BCUT2D eigenvalue weighted by Crippen LogP contribution is 2.33. The zero-order valence-electron chi connectivity index (χ0n) is 28.3. The second-order valence-electron chi connectivity index (χ2n) is 11.7. The highest BCUT2D eigenvalue weighted by Gasteiger charge is 2.37. The minimum Gasteiger partial charge on any atom is -0.497 e. The van der Waals surface area contributed by atoms with Crippen molar-refractivity contribution in [1.29, 1.82) is 0 Å². The molecule has 0 atom stereocenters. The molecule has 0 fully saturated rings. The first kappa shape index (κ1) is 38.2. The van der Waals surface area contributed by atoms with E-state index in [4.69, 9.17) is 4.74 Å². The van der Waals surface area contributed by atoms with Crippen molar-refractivity contribution in [3.05, 3.63) is 125 Å². The second kappa shape index (κ2) is 16.1. The number of amides is 3. The predicted octanol–water partition coefficient (Wildman–Crippen LogP) is 6.19. The molecule has 0 spiro atoms. The van der Waals surface area contributed by atoms with Gasteiger partial charge in [0.05, 0.1) is 28.9 Å². The van der Waals surface area contributed by atoms with E-state index in [2.05, 4.69) is 21.0 Å². The molecule has 0 bridgehead atoms. The average molecular weight is 752 g/mol. The predicted molar refractivity (Wildman–Crippen MR) is 188 cm³/mol. The number of halogens is 4. The van der Waals surface area contributed by atoms with E-state index in [0.29, 0.717) is 17.3 Å². The lowest BCUT2D eigenvalue weighted by Gasteiger charge is -2.15. The van der Waals surface area contributed by atoms with Crippen molar-refractivity contribution in [3.8, 4) is 22.6 Å². The number of methoxy groups -OCH3 is 1. The number of sulfone groups is 1. The van der Waals surface area contributed by atoms with E-state index in [0.717, 1.165) is 24.0 Å². The molecule has 1 aromatic heterocycles. The molecule has 0 saturated heterocycles. The molecule has 0 radical (unpaired) electrons. The molecule has 0 aliphatic carbocycles. The molecule has 0 unspecified atom stereocenters. The van der Waals surface area contributed by atoms with Crippen LogP contribution in [0.4, 0.5) is 23.2 Å². The SMILES string of the molecule is COc1ccc(-n2nc(C(F)(F)F)cc2C(=O)Nc2ccc(-c3ccccc3S(C)(=O)=O)cc2F)c(C(=O)NCCCC(=O)NCc2ccccc2)c1. The topological polar surface area (TPSA) is 148 Å². The van der Waals surface area contributed by atoms with Crippen molar-refractivity contribution >= 4 is 33.2 Å². The molecule has 16 heteroatoms. The highest BCUT2D eigenvalue weighted by atomic mass is 32.2. The second-order valence-corrected chi connectivity index (χ2v) is 13.7. The van der Waals surface area contributed by atoms with Crippen LogP contribution in [0.3, 0.4) is 0 Å². The van der Waals surface area contributed by atoms with E-state index < -0.39 is 50.7 Å². The Morgan fingerprint density at radius 3 is 2.26 bits per heavy atom. The number of nitrogens with zero attached hydrogens (tertiary/aromatic N) is 2. The molecular weight excluding hydrogens is 718 g/mol. The zero-order valence-corrected chi connectivity index (χ0v) is 29.1. The largest absolute Gasteiger partial charge is 0.497 e. The summed E-state index contributed by atoms with van der Waals surface area (Å²) >= 11 is 0. The Balaban J connectivity index is 1.38. The molecule has 5 aromatic rings. The summed E-state index contributed by atoms with van der Waals surface area (Å²) in [6.45, 7) is 0.356. The smallest absolute Gasteiger partial charge is 0.435 e. The van der Waals surface area contributed by atoms with Gasteiger partial charge in [0.15, 0.2) is 15.5 Å². The molecular formula is C37H33F4N5O6S. The summed E-state index contributed by atoms with van der Waals surface area (Å²) in [5.41, 5.74) is -1.70. The minimum absolute atomic E-state index is 0.0262. The number of carbonyl (C=O) groups excluding carboxylic acids is 3. The molecule has 53 heavy (non-hydrogen) atoms. The number of ether oxygens (including phenoxy) is 1. The van der Waals surface area contributed by atoms with Gasteiger partial charge in [-0.05, 0) is 53.9 Å². The number of hydrogen-bond acceptors (Lipinski definition) is 7. The molecule has 0 saturated carbocycles. The third-order valence-electron chi connectivity index (χ3n) is 7.92. The quantitative estimate of drug-likeness (QED) is 0.0961. The van der Waals surface area contributed by atoms with Crippen LogP contribution >= 0.6 is 0 Å². The fourth-order valence-corrected chi connectivity index (χ4v) is 6.21. The lowest BCUT2D eigenvalue weighted by molar-refractivity contribution is -0.141. The first-order valence-corrected chi connectivity index (χ1v) is 17.9. The maximum atomic E-state index is 15.4. The number of anilines is 1. The summed E-state index contributed by atoms with van der Waals surface area (Å²) in [6, 6.07) is 23.0. The van der Waals surface area contributed by atoms with E-state index in [1.54, 1.807) is 6.07 Å². The van der Waals surface area contributed by atoms with Crippen LogP contribution in [0.25, 0.3) is 16.8 Å². The zero-order chi connectivity index (χ0) is 38.3. The number of rotatable bonds is 13. The number of nitrogens with one attached hydrogen (secondary N) is 3. The van der Waals surface area contributed by atoms with E-state index in [9.17, 15) is 36.0 Å². The van der Waals surface area contributed by atoms with Gasteiger partial charge in [0.2, 0.25) is 5.91 Å². The number of hydrogen-bond donors (Lipinski definition) is 3. The van der Waals surface area contributed by atoms with Crippen molar-refractivity contribution in [2.24, 2.45) is 0 Å². The summed E-state index contributed by atoms with van der Waals surface area (Å²) in [5.74, 6) is -3.02. The van der Waals surface area contributed by atoms with Gasteiger partial charge in [0, 0.05) is 37.4 Å². The van der Waals surface area contributed by atoms with Gasteiger partial charge in [-0.25, -0.2) is 17.5 Å². The summed E-state index contributed by atoms with van der Waals surface area (Å²) in [6.07, 6.45) is -3.68. The Bertz CT molecular complexity index is 2260. The Morgan fingerprint density at radius 2 is 1.58 bits per heavy atom. The fraction of sp³-hybridized carbons (Fsp3) is 0.189. The maximum Gasteiger partial charge on any atom is 0.435 e. The number of aromatic nitrogens is 2. The maximum absolute atomic E-state index is 15.4. The molecule has 276 valence electrons. The number of carbonyl (C=O) groups is 3. The van der Waals surface area contributed by atoms with Crippen LogP contribution in [-0.4, -0.2) is 55.8 Å². The molecule has 0 aliphatic rings. The summed E-state index contributed by atoms with van der Waals surface area (Å²) < 4.78 is 87.5. The number of alkyl halides is 3. The van der Waals surface area contributed by atoms with Gasteiger partial charge in [0.1, 0.15) is 17.3 Å². The van der Waals surface area contributed by atoms with Crippen LogP contribution in [0.15, 0.2) is 102 Å².